The van der Waals surface area contributed by atoms with Gasteiger partial charge in [0.1, 0.15) is 0 Å². The molecule has 34 heavy (non-hydrogen) atoms. The van der Waals surface area contributed by atoms with E-state index in [9.17, 15) is 17.6 Å². The van der Waals surface area contributed by atoms with Gasteiger partial charge in [0.25, 0.3) is 5.91 Å². The van der Waals surface area contributed by atoms with E-state index < -0.39 is 10.0 Å². The van der Waals surface area contributed by atoms with E-state index in [4.69, 9.17) is 4.74 Å². The van der Waals surface area contributed by atoms with E-state index in [0.717, 1.165) is 31.2 Å². The molecule has 2 aromatic rings. The van der Waals surface area contributed by atoms with E-state index in [2.05, 4.69) is 4.90 Å². The van der Waals surface area contributed by atoms with Gasteiger partial charge >= 0.3 is 0 Å². The number of carbonyl (C=O) groups is 1. The van der Waals surface area contributed by atoms with Gasteiger partial charge in [-0.05, 0) is 54.8 Å². The van der Waals surface area contributed by atoms with E-state index in [-0.39, 0.29) is 22.4 Å². The topological polar surface area (TPSA) is 70.2 Å². The molecule has 7 nitrogen and oxygen atoms in total. The highest BCUT2D eigenvalue weighted by Crippen LogP contribution is 2.22. The predicted molar refractivity (Wildman–Crippen MR) is 128 cm³/mol. The molecule has 2 aliphatic rings. The molecule has 1 amide bonds. The summed E-state index contributed by atoms with van der Waals surface area (Å²) in [5.41, 5.74) is 1.35. The van der Waals surface area contributed by atoms with Crippen molar-refractivity contribution in [3.8, 4) is 5.75 Å². The fourth-order valence-electron chi connectivity index (χ4n) is 4.56. The minimum Gasteiger partial charge on any atom is -0.494 e. The van der Waals surface area contributed by atoms with Crippen molar-refractivity contribution in [3.63, 3.8) is 0 Å². The van der Waals surface area contributed by atoms with Crippen molar-refractivity contribution in [1.82, 2.24) is 14.1 Å². The average Bonchev–Trinajstić information content (AvgIpc) is 3.15. The number of amides is 1. The zero-order valence-corrected chi connectivity index (χ0v) is 20.4. The van der Waals surface area contributed by atoms with Crippen LogP contribution in [-0.4, -0.2) is 74.8 Å². The summed E-state index contributed by atoms with van der Waals surface area (Å²) in [6, 6.07) is 11.3. The number of methoxy groups -OCH3 is 1. The minimum atomic E-state index is -3.53. The molecule has 0 radical (unpaired) electrons. The highest BCUT2D eigenvalue weighted by Gasteiger charge is 2.26. The van der Waals surface area contributed by atoms with Crippen LogP contribution in [0.1, 0.15) is 41.6 Å². The van der Waals surface area contributed by atoms with Gasteiger partial charge < -0.3 is 9.64 Å². The Morgan fingerprint density at radius 2 is 1.56 bits per heavy atom. The van der Waals surface area contributed by atoms with Crippen molar-refractivity contribution in [1.29, 1.82) is 0 Å². The SMILES string of the molecule is COc1ccc(CN2CCN(C(=O)c3ccc(S(=O)(=O)N4CCCCCC4)cc3)CC2)cc1F. The van der Waals surface area contributed by atoms with Gasteiger partial charge in [-0.1, -0.05) is 18.9 Å². The summed E-state index contributed by atoms with van der Waals surface area (Å²) in [4.78, 5) is 17.2. The van der Waals surface area contributed by atoms with Gasteiger partial charge in [0.15, 0.2) is 11.6 Å². The van der Waals surface area contributed by atoms with E-state index in [1.54, 1.807) is 39.5 Å². The van der Waals surface area contributed by atoms with Crippen molar-refractivity contribution in [2.45, 2.75) is 37.1 Å². The monoisotopic (exact) mass is 489 g/mol. The van der Waals surface area contributed by atoms with Gasteiger partial charge in [0.05, 0.1) is 12.0 Å². The summed E-state index contributed by atoms with van der Waals surface area (Å²) in [5.74, 6) is -0.256. The lowest BCUT2D eigenvalue weighted by Crippen LogP contribution is -2.48. The van der Waals surface area contributed by atoms with Gasteiger partial charge in [-0.3, -0.25) is 9.69 Å². The normalized spacial score (nSPS) is 18.5. The van der Waals surface area contributed by atoms with Crippen LogP contribution in [0.4, 0.5) is 4.39 Å². The summed E-state index contributed by atoms with van der Waals surface area (Å²) < 4.78 is 46.4. The molecular weight excluding hydrogens is 457 g/mol. The smallest absolute Gasteiger partial charge is 0.253 e. The van der Waals surface area contributed by atoms with Crippen LogP contribution in [0, 0.1) is 5.82 Å². The van der Waals surface area contributed by atoms with Crippen molar-refractivity contribution in [2.75, 3.05) is 46.4 Å². The first-order valence-corrected chi connectivity index (χ1v) is 13.3. The number of hydrogen-bond donors (Lipinski definition) is 0. The van der Waals surface area contributed by atoms with Crippen LogP contribution < -0.4 is 4.74 Å². The highest BCUT2D eigenvalue weighted by molar-refractivity contribution is 7.89. The van der Waals surface area contributed by atoms with Gasteiger partial charge in [-0.15, -0.1) is 0 Å². The maximum absolute atomic E-state index is 13.9. The lowest BCUT2D eigenvalue weighted by atomic mass is 10.1. The first-order chi connectivity index (χ1) is 16.4. The zero-order chi connectivity index (χ0) is 24.1. The van der Waals surface area contributed by atoms with E-state index >= 15 is 0 Å². The first-order valence-electron chi connectivity index (χ1n) is 11.8. The first kappa shape index (κ1) is 24.6. The Hall–Kier alpha value is -2.49. The van der Waals surface area contributed by atoms with E-state index in [0.29, 0.717) is 51.4 Å². The molecule has 2 saturated heterocycles. The average molecular weight is 490 g/mol. The third-order valence-electron chi connectivity index (χ3n) is 6.59. The van der Waals surface area contributed by atoms with Crippen LogP contribution in [-0.2, 0) is 16.6 Å². The van der Waals surface area contributed by atoms with Crippen molar-refractivity contribution >= 4 is 15.9 Å². The lowest BCUT2D eigenvalue weighted by molar-refractivity contribution is 0.0628. The highest BCUT2D eigenvalue weighted by atomic mass is 32.2. The molecule has 0 N–H and O–H groups in total. The molecule has 4 rings (SSSR count). The van der Waals surface area contributed by atoms with Crippen molar-refractivity contribution < 1.29 is 22.3 Å². The molecule has 2 aromatic carbocycles. The van der Waals surface area contributed by atoms with E-state index in [1.807, 2.05) is 6.07 Å². The lowest BCUT2D eigenvalue weighted by Gasteiger charge is -2.34. The number of rotatable bonds is 6. The number of benzene rings is 2. The number of ether oxygens (including phenoxy) is 1. The Labute approximate surface area is 201 Å². The second-order valence-electron chi connectivity index (χ2n) is 8.88. The molecule has 0 spiro atoms. The number of piperazine rings is 1. The van der Waals surface area contributed by atoms with Crippen LogP contribution in [0.5, 0.6) is 5.75 Å². The molecule has 0 unspecified atom stereocenters. The van der Waals surface area contributed by atoms with Gasteiger partial charge in [0.2, 0.25) is 10.0 Å². The fraction of sp³-hybridized carbons (Fsp3) is 0.480. The third-order valence-corrected chi connectivity index (χ3v) is 8.50. The van der Waals surface area contributed by atoms with Crippen LogP contribution in [0.15, 0.2) is 47.4 Å². The van der Waals surface area contributed by atoms with Crippen molar-refractivity contribution in [3.05, 3.63) is 59.4 Å². The van der Waals surface area contributed by atoms with Crippen LogP contribution >= 0.6 is 0 Å². The number of carbonyl (C=O) groups excluding carboxylic acids is 1. The molecule has 184 valence electrons. The maximum atomic E-state index is 13.9. The van der Waals surface area contributed by atoms with E-state index in [1.165, 1.54) is 13.2 Å². The summed E-state index contributed by atoms with van der Waals surface area (Å²) in [7, 11) is -2.09. The maximum Gasteiger partial charge on any atom is 0.253 e. The molecule has 0 saturated carbocycles. The standard InChI is InChI=1S/C25H32FN3O4S/c1-33-24-11-6-20(18-23(24)26)19-27-14-16-28(17-15-27)25(30)21-7-9-22(10-8-21)34(31,32)29-12-4-2-3-5-13-29/h6-11,18H,2-5,12-17,19H2,1H3. The second kappa shape index (κ2) is 10.8. The predicted octanol–water partition coefficient (Wildman–Crippen LogP) is 3.36. The van der Waals surface area contributed by atoms with Crippen LogP contribution in [0.25, 0.3) is 0 Å². The quantitative estimate of drug-likeness (QED) is 0.623. The number of hydrogen-bond acceptors (Lipinski definition) is 5. The molecule has 0 aliphatic carbocycles. The van der Waals surface area contributed by atoms with Gasteiger partial charge in [-0.25, -0.2) is 12.8 Å². The molecule has 2 fully saturated rings. The van der Waals surface area contributed by atoms with Crippen LogP contribution in [0.3, 0.4) is 0 Å². The molecule has 0 bridgehead atoms. The van der Waals surface area contributed by atoms with Crippen molar-refractivity contribution in [2.24, 2.45) is 0 Å². The molecular formula is C25H32FN3O4S. The summed E-state index contributed by atoms with van der Waals surface area (Å²) in [6.45, 7) is 4.19. The largest absolute Gasteiger partial charge is 0.494 e. The Morgan fingerprint density at radius 3 is 2.15 bits per heavy atom. The third kappa shape index (κ3) is 5.59. The summed E-state index contributed by atoms with van der Waals surface area (Å²) in [5, 5.41) is 0. The van der Waals surface area contributed by atoms with Gasteiger partial charge in [-0.2, -0.15) is 4.31 Å². The van der Waals surface area contributed by atoms with Crippen LogP contribution in [0.2, 0.25) is 0 Å². The molecule has 0 atom stereocenters. The fourth-order valence-corrected chi connectivity index (χ4v) is 6.08. The molecule has 2 aliphatic heterocycles. The number of sulfonamides is 1. The molecule has 9 heteroatoms. The number of nitrogens with zero attached hydrogens (tertiary/aromatic N) is 3. The molecule has 0 aromatic heterocycles. The number of halogens is 1. The summed E-state index contributed by atoms with van der Waals surface area (Å²) in [6.07, 6.45) is 3.89. The summed E-state index contributed by atoms with van der Waals surface area (Å²) >= 11 is 0. The Kier molecular flexibility index (Phi) is 7.85. The Morgan fingerprint density at radius 1 is 0.912 bits per heavy atom. The minimum absolute atomic E-state index is 0.103. The second-order valence-corrected chi connectivity index (χ2v) is 10.8. The van der Waals surface area contributed by atoms with Gasteiger partial charge in [0, 0.05) is 51.4 Å². The Bertz CT molecular complexity index is 1090. The zero-order valence-electron chi connectivity index (χ0n) is 19.6. The Balaban J connectivity index is 1.33. The molecule has 2 heterocycles.